The van der Waals surface area contributed by atoms with Gasteiger partial charge in [-0.3, -0.25) is 9.52 Å². The minimum atomic E-state index is -3.79. The van der Waals surface area contributed by atoms with Crippen molar-refractivity contribution in [2.75, 3.05) is 17.8 Å². The van der Waals surface area contributed by atoms with E-state index < -0.39 is 22.1 Å². The second-order valence-corrected chi connectivity index (χ2v) is 8.12. The molecule has 116 valence electrons. The smallest absolute Gasteiger partial charge is 0.307 e. The van der Waals surface area contributed by atoms with Crippen LogP contribution in [0.25, 0.3) is 0 Å². The van der Waals surface area contributed by atoms with Crippen molar-refractivity contribution in [2.24, 2.45) is 5.92 Å². The molecule has 0 saturated carbocycles. The van der Waals surface area contributed by atoms with Crippen LogP contribution in [-0.4, -0.2) is 36.9 Å². The molecule has 1 aromatic carbocycles. The van der Waals surface area contributed by atoms with E-state index in [4.69, 9.17) is 5.11 Å². The minimum absolute atomic E-state index is 0.00720. The molecule has 0 aliphatic carbocycles. The zero-order valence-electron chi connectivity index (χ0n) is 10.9. The van der Waals surface area contributed by atoms with Gasteiger partial charge in [0.1, 0.15) is 0 Å². The number of para-hydroxylation sites is 1. The van der Waals surface area contributed by atoms with Gasteiger partial charge < -0.3 is 5.11 Å². The van der Waals surface area contributed by atoms with E-state index in [1.165, 1.54) is 4.31 Å². The highest BCUT2D eigenvalue weighted by Gasteiger charge is 2.32. The van der Waals surface area contributed by atoms with Crippen molar-refractivity contribution in [1.29, 1.82) is 0 Å². The molecule has 1 fully saturated rings. The van der Waals surface area contributed by atoms with Gasteiger partial charge in [-0.05, 0) is 56.8 Å². The van der Waals surface area contributed by atoms with Crippen LogP contribution in [0.5, 0.6) is 0 Å². The Morgan fingerprint density at radius 1 is 1.33 bits per heavy atom. The van der Waals surface area contributed by atoms with Crippen molar-refractivity contribution < 1.29 is 18.3 Å². The number of anilines is 1. The molecule has 0 aromatic heterocycles. The Hall–Kier alpha value is -0.640. The molecular formula is C12H14Br2N2O4S. The van der Waals surface area contributed by atoms with Gasteiger partial charge in [-0.25, -0.2) is 0 Å². The van der Waals surface area contributed by atoms with Crippen LogP contribution in [0, 0.1) is 5.92 Å². The first-order valence-corrected chi connectivity index (χ1v) is 9.28. The quantitative estimate of drug-likeness (QED) is 0.751. The molecule has 6 nitrogen and oxygen atoms in total. The number of benzene rings is 1. The number of rotatable bonds is 4. The number of nitrogens with one attached hydrogen (secondary N) is 1. The third kappa shape index (κ3) is 3.97. The Balaban J connectivity index is 2.20. The molecule has 1 heterocycles. The molecule has 1 unspecified atom stereocenters. The molecule has 9 heteroatoms. The SMILES string of the molecule is O=C(O)C1CCCN(S(=O)(=O)Nc2c(Br)cccc2Br)C1. The van der Waals surface area contributed by atoms with E-state index in [2.05, 4.69) is 36.6 Å². The number of halogens is 2. The van der Waals surface area contributed by atoms with Crippen LogP contribution in [0.1, 0.15) is 12.8 Å². The lowest BCUT2D eigenvalue weighted by Gasteiger charge is -2.30. The Morgan fingerprint density at radius 3 is 2.52 bits per heavy atom. The molecule has 1 aliphatic heterocycles. The van der Waals surface area contributed by atoms with E-state index in [0.717, 1.165) is 0 Å². The molecule has 0 bridgehead atoms. The standard InChI is InChI=1S/C12H14Br2N2O4S/c13-9-4-1-5-10(14)11(9)15-21(19,20)16-6-2-3-8(7-16)12(17)18/h1,4-5,8,15H,2-3,6-7H2,(H,17,18). The fraction of sp³-hybridized carbons (Fsp3) is 0.417. The van der Waals surface area contributed by atoms with Crippen LogP contribution in [0.15, 0.2) is 27.1 Å². The highest BCUT2D eigenvalue weighted by molar-refractivity contribution is 9.11. The number of hydrogen-bond acceptors (Lipinski definition) is 3. The maximum atomic E-state index is 12.4. The van der Waals surface area contributed by atoms with Gasteiger partial charge in [-0.2, -0.15) is 12.7 Å². The fourth-order valence-corrected chi connectivity index (χ4v) is 4.96. The summed E-state index contributed by atoms with van der Waals surface area (Å²) in [6.45, 7) is 0.313. The zero-order valence-corrected chi connectivity index (χ0v) is 14.9. The lowest BCUT2D eigenvalue weighted by atomic mass is 10.0. The third-order valence-corrected chi connectivity index (χ3v) is 6.06. The molecule has 2 rings (SSSR count). The molecule has 1 saturated heterocycles. The molecule has 2 N–H and O–H groups in total. The Morgan fingerprint density at radius 2 is 1.95 bits per heavy atom. The van der Waals surface area contributed by atoms with Gasteiger partial charge in [0.15, 0.2) is 0 Å². The Bertz CT molecular complexity index is 630. The molecule has 0 amide bonds. The van der Waals surface area contributed by atoms with Crippen molar-refractivity contribution in [2.45, 2.75) is 12.8 Å². The Labute approximate surface area is 140 Å². The molecule has 21 heavy (non-hydrogen) atoms. The summed E-state index contributed by atoms with van der Waals surface area (Å²) >= 11 is 6.58. The number of hydrogen-bond donors (Lipinski definition) is 2. The summed E-state index contributed by atoms with van der Waals surface area (Å²) in [5.41, 5.74) is 0.398. The number of aliphatic carboxylic acids is 1. The van der Waals surface area contributed by atoms with Gasteiger partial charge in [0.2, 0.25) is 0 Å². The van der Waals surface area contributed by atoms with Gasteiger partial charge in [-0.1, -0.05) is 6.07 Å². The van der Waals surface area contributed by atoms with Crippen molar-refractivity contribution in [3.05, 3.63) is 27.1 Å². The number of carbonyl (C=O) groups is 1. The highest BCUT2D eigenvalue weighted by atomic mass is 79.9. The van der Waals surface area contributed by atoms with Gasteiger partial charge in [0.05, 0.1) is 11.6 Å². The summed E-state index contributed by atoms with van der Waals surface area (Å²) in [5, 5.41) is 9.04. The predicted molar refractivity (Wildman–Crippen MR) is 86.3 cm³/mol. The molecule has 1 aromatic rings. The third-order valence-electron chi connectivity index (χ3n) is 3.27. The summed E-state index contributed by atoms with van der Waals surface area (Å²) in [5.74, 6) is -1.62. The lowest BCUT2D eigenvalue weighted by Crippen LogP contribution is -2.44. The monoisotopic (exact) mass is 440 g/mol. The van der Waals surface area contributed by atoms with Crippen LogP contribution in [0.2, 0.25) is 0 Å². The molecule has 0 radical (unpaired) electrons. The van der Waals surface area contributed by atoms with E-state index in [1.807, 2.05) is 0 Å². The largest absolute Gasteiger partial charge is 0.481 e. The second-order valence-electron chi connectivity index (χ2n) is 4.74. The zero-order chi connectivity index (χ0) is 15.6. The lowest BCUT2D eigenvalue weighted by molar-refractivity contribution is -0.142. The van der Waals surface area contributed by atoms with Gasteiger partial charge >= 0.3 is 16.2 Å². The van der Waals surface area contributed by atoms with Gasteiger partial charge in [0, 0.05) is 22.0 Å². The highest BCUT2D eigenvalue weighted by Crippen LogP contribution is 2.32. The van der Waals surface area contributed by atoms with Gasteiger partial charge in [-0.15, -0.1) is 0 Å². The van der Waals surface area contributed by atoms with Crippen LogP contribution in [-0.2, 0) is 15.0 Å². The van der Waals surface area contributed by atoms with E-state index in [-0.39, 0.29) is 6.54 Å². The number of carboxylic acid groups (broad SMARTS) is 1. The first-order valence-electron chi connectivity index (χ1n) is 6.26. The Kier molecular flexibility index (Phi) is 5.29. The second kappa shape index (κ2) is 6.64. The number of piperidine rings is 1. The van der Waals surface area contributed by atoms with Gasteiger partial charge in [0.25, 0.3) is 0 Å². The van der Waals surface area contributed by atoms with Crippen molar-refractivity contribution in [3.63, 3.8) is 0 Å². The summed E-state index contributed by atoms with van der Waals surface area (Å²) < 4.78 is 29.7. The average molecular weight is 442 g/mol. The van der Waals surface area contributed by atoms with E-state index in [9.17, 15) is 13.2 Å². The summed E-state index contributed by atoms with van der Waals surface area (Å²) in [6, 6.07) is 5.21. The normalized spacial score (nSPS) is 20.2. The van der Waals surface area contributed by atoms with Crippen LogP contribution in [0.3, 0.4) is 0 Å². The van der Waals surface area contributed by atoms with Crippen LogP contribution < -0.4 is 4.72 Å². The first-order chi connectivity index (χ1) is 9.81. The van der Waals surface area contributed by atoms with E-state index in [1.54, 1.807) is 18.2 Å². The molecule has 0 spiro atoms. The topological polar surface area (TPSA) is 86.7 Å². The average Bonchev–Trinajstić information content (AvgIpc) is 2.43. The minimum Gasteiger partial charge on any atom is -0.481 e. The summed E-state index contributed by atoms with van der Waals surface area (Å²) in [6.07, 6.45) is 1.04. The van der Waals surface area contributed by atoms with Crippen molar-refractivity contribution >= 4 is 53.7 Å². The van der Waals surface area contributed by atoms with Crippen molar-refractivity contribution in [1.82, 2.24) is 4.31 Å². The number of carboxylic acids is 1. The number of nitrogens with zero attached hydrogens (tertiary/aromatic N) is 1. The summed E-state index contributed by atoms with van der Waals surface area (Å²) in [7, 11) is -3.79. The summed E-state index contributed by atoms with van der Waals surface area (Å²) in [4.78, 5) is 11.0. The molecular weight excluding hydrogens is 428 g/mol. The van der Waals surface area contributed by atoms with Crippen LogP contribution >= 0.6 is 31.9 Å². The predicted octanol–water partition coefficient (Wildman–Crippen LogP) is 2.66. The molecule has 1 atom stereocenters. The van der Waals surface area contributed by atoms with E-state index in [0.29, 0.717) is 34.0 Å². The maximum absolute atomic E-state index is 12.4. The first kappa shape index (κ1) is 16.7. The fourth-order valence-electron chi connectivity index (χ4n) is 2.15. The van der Waals surface area contributed by atoms with E-state index >= 15 is 0 Å². The maximum Gasteiger partial charge on any atom is 0.307 e. The molecule has 1 aliphatic rings. The van der Waals surface area contributed by atoms with Crippen molar-refractivity contribution in [3.8, 4) is 0 Å². The van der Waals surface area contributed by atoms with Crippen LogP contribution in [0.4, 0.5) is 5.69 Å².